The SMILES string of the molecule is CC/C=C\C/C=C\C/C=C\C/C=C\C/C=C\C/C=C\C/C=C\C/C=C\C/C=C\C/C=C\CCCCCCCCC(=O)OC(CO)COC(=O)CCCCCC/C=C\C/C=C\C/C=C\C/C=C\C/C=C\C/C=C\CC. The molecular weight excluding hydrogens is 909 g/mol. The van der Waals surface area contributed by atoms with E-state index in [1.165, 1.54) is 12.8 Å². The summed E-state index contributed by atoms with van der Waals surface area (Å²) in [6.45, 7) is 3.86. The minimum absolute atomic E-state index is 0.0996. The summed E-state index contributed by atoms with van der Waals surface area (Å²) < 4.78 is 10.7. The maximum atomic E-state index is 12.3. The fourth-order valence-electron chi connectivity index (χ4n) is 7.11. The van der Waals surface area contributed by atoms with Gasteiger partial charge in [-0.15, -0.1) is 0 Å². The molecule has 74 heavy (non-hydrogen) atoms. The quantitative estimate of drug-likeness (QED) is 0.0373. The first-order chi connectivity index (χ1) is 36.6. The maximum absolute atomic E-state index is 12.3. The number of aliphatic hydroxyl groups excluding tert-OH is 1. The van der Waals surface area contributed by atoms with Crippen LogP contribution in [0.4, 0.5) is 0 Å². The fraction of sp³-hybridized carbons (Fsp3) is 0.507. The van der Waals surface area contributed by atoms with Crippen LogP contribution in [0.5, 0.6) is 0 Å². The largest absolute Gasteiger partial charge is 0.462 e. The number of carbonyl (C=O) groups is 2. The van der Waals surface area contributed by atoms with Crippen LogP contribution in [0, 0.1) is 0 Å². The normalized spacial score (nSPS) is 13.7. The van der Waals surface area contributed by atoms with Crippen molar-refractivity contribution in [3.8, 4) is 0 Å². The van der Waals surface area contributed by atoms with Crippen LogP contribution in [0.3, 0.4) is 0 Å². The Balaban J connectivity index is 3.69. The molecule has 0 aliphatic heterocycles. The minimum Gasteiger partial charge on any atom is -0.462 e. The summed E-state index contributed by atoms with van der Waals surface area (Å²) in [6, 6.07) is 0. The molecule has 0 bridgehead atoms. The molecule has 1 atom stereocenters. The Morgan fingerprint density at radius 3 is 0.811 bits per heavy atom. The summed E-state index contributed by atoms with van der Waals surface area (Å²) >= 11 is 0. The first-order valence-electron chi connectivity index (χ1n) is 29.0. The third-order valence-electron chi connectivity index (χ3n) is 11.4. The smallest absolute Gasteiger partial charge is 0.306 e. The molecule has 0 aromatic rings. The predicted molar refractivity (Wildman–Crippen MR) is 324 cm³/mol. The molecule has 0 saturated heterocycles. The first kappa shape index (κ1) is 68.7. The topological polar surface area (TPSA) is 72.8 Å². The van der Waals surface area contributed by atoms with Gasteiger partial charge in [-0.2, -0.15) is 0 Å². The van der Waals surface area contributed by atoms with Gasteiger partial charge in [0.05, 0.1) is 6.61 Å². The average Bonchev–Trinajstić information content (AvgIpc) is 3.40. The second-order valence-electron chi connectivity index (χ2n) is 18.2. The Hall–Kier alpha value is -5.26. The van der Waals surface area contributed by atoms with Crippen molar-refractivity contribution in [1.82, 2.24) is 0 Å². The monoisotopic (exact) mass is 1010 g/mol. The third kappa shape index (κ3) is 59.3. The van der Waals surface area contributed by atoms with Gasteiger partial charge in [-0.05, 0) is 141 Å². The molecule has 410 valence electrons. The summed E-state index contributed by atoms with van der Waals surface area (Å²) in [5.74, 6) is -0.654. The van der Waals surface area contributed by atoms with Crippen molar-refractivity contribution >= 4 is 11.9 Å². The Bertz CT molecular complexity index is 1760. The molecule has 1 unspecified atom stereocenters. The predicted octanol–water partition coefficient (Wildman–Crippen LogP) is 20.1. The number of rotatable bonds is 50. The lowest BCUT2D eigenvalue weighted by molar-refractivity contribution is -0.161. The van der Waals surface area contributed by atoms with E-state index in [4.69, 9.17) is 9.47 Å². The molecule has 0 saturated carbocycles. The fourth-order valence-corrected chi connectivity index (χ4v) is 7.11. The molecule has 0 aromatic heterocycles. The minimum atomic E-state index is -0.808. The molecule has 0 rings (SSSR count). The molecular formula is C69H104O5. The molecule has 0 radical (unpaired) electrons. The van der Waals surface area contributed by atoms with E-state index in [1.54, 1.807) is 0 Å². The van der Waals surface area contributed by atoms with Crippen LogP contribution >= 0.6 is 0 Å². The van der Waals surface area contributed by atoms with E-state index in [2.05, 4.69) is 208 Å². The van der Waals surface area contributed by atoms with E-state index in [9.17, 15) is 14.7 Å². The summed E-state index contributed by atoms with van der Waals surface area (Å²) in [4.78, 5) is 24.5. The Morgan fingerprint density at radius 1 is 0.311 bits per heavy atom. The van der Waals surface area contributed by atoms with Gasteiger partial charge in [-0.3, -0.25) is 9.59 Å². The second-order valence-corrected chi connectivity index (χ2v) is 18.2. The van der Waals surface area contributed by atoms with E-state index in [0.29, 0.717) is 12.8 Å². The Morgan fingerprint density at radius 2 is 0.541 bits per heavy atom. The van der Waals surface area contributed by atoms with Gasteiger partial charge in [-0.25, -0.2) is 0 Å². The van der Waals surface area contributed by atoms with Gasteiger partial charge >= 0.3 is 11.9 Å². The van der Waals surface area contributed by atoms with Crippen molar-refractivity contribution < 1.29 is 24.2 Å². The van der Waals surface area contributed by atoms with Crippen molar-refractivity contribution in [3.63, 3.8) is 0 Å². The number of hydrogen-bond acceptors (Lipinski definition) is 5. The van der Waals surface area contributed by atoms with E-state index < -0.39 is 6.10 Å². The van der Waals surface area contributed by atoms with E-state index in [-0.39, 0.29) is 25.2 Å². The van der Waals surface area contributed by atoms with Gasteiger partial charge in [-0.1, -0.05) is 247 Å². The van der Waals surface area contributed by atoms with Crippen LogP contribution in [0.25, 0.3) is 0 Å². The molecule has 0 fully saturated rings. The van der Waals surface area contributed by atoms with Crippen molar-refractivity contribution in [2.75, 3.05) is 13.2 Å². The Labute approximate surface area is 454 Å². The highest BCUT2D eigenvalue weighted by atomic mass is 16.6. The molecule has 5 nitrogen and oxygen atoms in total. The Kier molecular flexibility index (Phi) is 57.6. The molecule has 1 N–H and O–H groups in total. The van der Waals surface area contributed by atoms with Gasteiger partial charge in [0.1, 0.15) is 6.61 Å². The standard InChI is InChI=1S/C69H104O5/c1-3-5-7-9-11-13-15-17-19-21-23-25-27-28-29-30-31-32-33-34-35-36-37-38-39-40-42-44-46-48-50-52-54-56-58-60-62-64-69(72)74-67(65-70)66-73-68(71)63-61-59-57-55-53-51-49-47-45-43-41-26-24-22-20-18-16-14-12-10-8-6-4-2/h5-8,11-14,17-20,23-26,28-29,31-32,34-35,37-38,40,42-43,45-46,48-49,51,67,70H,3-4,9-10,15-16,21-22,27,30,33,36,39,41,44,47,50,52-66H2,1-2H3/b7-5-,8-6-,13-11-,14-12-,19-17-,20-18-,25-23-,26-24-,29-28-,32-31-,35-34-,38-37-,42-40-,45-43-,48-46-,51-49-. The van der Waals surface area contributed by atoms with Gasteiger partial charge < -0.3 is 14.6 Å². The zero-order valence-electron chi connectivity index (χ0n) is 46.8. The molecule has 0 amide bonds. The van der Waals surface area contributed by atoms with Gasteiger partial charge in [0, 0.05) is 12.8 Å². The van der Waals surface area contributed by atoms with E-state index in [1.807, 2.05) is 0 Å². The molecule has 0 aliphatic carbocycles. The van der Waals surface area contributed by atoms with Gasteiger partial charge in [0.2, 0.25) is 0 Å². The zero-order chi connectivity index (χ0) is 53.4. The molecule has 5 heteroatoms. The molecule has 0 aliphatic rings. The molecule has 0 heterocycles. The zero-order valence-corrected chi connectivity index (χ0v) is 46.8. The highest BCUT2D eigenvalue weighted by Crippen LogP contribution is 2.12. The van der Waals surface area contributed by atoms with Crippen molar-refractivity contribution in [2.45, 2.75) is 213 Å². The van der Waals surface area contributed by atoms with Crippen molar-refractivity contribution in [2.24, 2.45) is 0 Å². The second kappa shape index (κ2) is 62.0. The lowest BCUT2D eigenvalue weighted by atomic mass is 10.1. The number of carbonyl (C=O) groups excluding carboxylic acids is 2. The summed E-state index contributed by atoms with van der Waals surface area (Å²) in [5, 5.41) is 9.65. The van der Waals surface area contributed by atoms with Crippen molar-refractivity contribution in [1.29, 1.82) is 0 Å². The van der Waals surface area contributed by atoms with Gasteiger partial charge in [0.15, 0.2) is 6.10 Å². The number of unbranched alkanes of at least 4 members (excludes halogenated alkanes) is 10. The first-order valence-corrected chi connectivity index (χ1v) is 29.0. The van der Waals surface area contributed by atoms with Crippen LogP contribution in [0.15, 0.2) is 194 Å². The molecule has 0 spiro atoms. The lowest BCUT2D eigenvalue weighted by Gasteiger charge is -2.15. The third-order valence-corrected chi connectivity index (χ3v) is 11.4. The molecule has 0 aromatic carbocycles. The summed E-state index contributed by atoms with van der Waals surface area (Å²) in [5.41, 5.74) is 0. The number of allylic oxidation sites excluding steroid dienone is 32. The van der Waals surface area contributed by atoms with E-state index >= 15 is 0 Å². The number of aliphatic hydroxyl groups is 1. The van der Waals surface area contributed by atoms with Crippen LogP contribution in [0.2, 0.25) is 0 Å². The average molecular weight is 1010 g/mol. The lowest BCUT2D eigenvalue weighted by Crippen LogP contribution is -2.28. The summed E-state index contributed by atoms with van der Waals surface area (Å²) in [7, 11) is 0. The van der Waals surface area contributed by atoms with Crippen molar-refractivity contribution in [3.05, 3.63) is 194 Å². The van der Waals surface area contributed by atoms with Crippen LogP contribution < -0.4 is 0 Å². The highest BCUT2D eigenvalue weighted by molar-refractivity contribution is 5.70. The van der Waals surface area contributed by atoms with Crippen LogP contribution in [-0.2, 0) is 19.1 Å². The van der Waals surface area contributed by atoms with E-state index in [0.717, 1.165) is 167 Å². The van der Waals surface area contributed by atoms with Crippen LogP contribution in [-0.4, -0.2) is 36.4 Å². The van der Waals surface area contributed by atoms with Crippen LogP contribution in [0.1, 0.15) is 206 Å². The summed E-state index contributed by atoms with van der Waals surface area (Å²) in [6.07, 6.45) is 99.6. The number of ether oxygens (including phenoxy) is 2. The number of hydrogen-bond donors (Lipinski definition) is 1. The highest BCUT2D eigenvalue weighted by Gasteiger charge is 2.16. The van der Waals surface area contributed by atoms with Gasteiger partial charge in [0.25, 0.3) is 0 Å². The maximum Gasteiger partial charge on any atom is 0.306 e. The number of esters is 2.